The fourth-order valence-electron chi connectivity index (χ4n) is 3.79. The molecule has 10 heteroatoms. The van der Waals surface area contributed by atoms with E-state index in [-0.39, 0.29) is 6.61 Å². The summed E-state index contributed by atoms with van der Waals surface area (Å²) in [7, 11) is 0. The number of aromatic nitrogens is 5. The van der Waals surface area contributed by atoms with E-state index in [0.29, 0.717) is 33.9 Å². The number of aryl methyl sites for hydroxylation is 1. The fraction of sp³-hybridized carbons (Fsp3) is 0.250. The summed E-state index contributed by atoms with van der Waals surface area (Å²) in [6, 6.07) is 7.45. The highest BCUT2D eigenvalue weighted by atomic mass is 19.4. The van der Waals surface area contributed by atoms with Gasteiger partial charge in [0.05, 0.1) is 24.5 Å². The molecule has 1 N–H and O–H groups in total. The zero-order valence-corrected chi connectivity index (χ0v) is 15.7. The lowest BCUT2D eigenvalue weighted by atomic mass is 9.96. The number of halogens is 4. The lowest BCUT2D eigenvalue weighted by Crippen LogP contribution is -2.39. The quantitative estimate of drug-likeness (QED) is 0.491. The van der Waals surface area contributed by atoms with Crippen LogP contribution in [0.3, 0.4) is 0 Å². The average Bonchev–Trinajstić information content (AvgIpc) is 3.28. The van der Waals surface area contributed by atoms with Crippen molar-refractivity contribution in [3.8, 4) is 22.4 Å². The summed E-state index contributed by atoms with van der Waals surface area (Å²) in [6.07, 6.45) is -4.84. The Morgan fingerprint density at radius 3 is 2.67 bits per heavy atom. The number of hydrogen-bond acceptors (Lipinski definition) is 4. The molecule has 3 aromatic heterocycles. The van der Waals surface area contributed by atoms with Crippen molar-refractivity contribution in [1.82, 2.24) is 25.0 Å². The van der Waals surface area contributed by atoms with E-state index in [1.54, 1.807) is 24.4 Å². The highest BCUT2D eigenvalue weighted by Crippen LogP contribution is 2.41. The number of aromatic amines is 1. The molecule has 0 bridgehead atoms. The van der Waals surface area contributed by atoms with Crippen molar-refractivity contribution in [3.63, 3.8) is 0 Å². The summed E-state index contributed by atoms with van der Waals surface area (Å²) >= 11 is 0. The molecule has 4 heterocycles. The summed E-state index contributed by atoms with van der Waals surface area (Å²) in [5, 5.41) is 12.3. The number of ether oxygens (including phenoxy) is 1. The molecular formula is C20H15F4N5O. The number of H-pyrrole nitrogens is 1. The van der Waals surface area contributed by atoms with Gasteiger partial charge in [-0.3, -0.25) is 9.78 Å². The minimum atomic E-state index is -4.50. The maximum Gasteiger partial charge on any atom is 0.416 e. The molecule has 154 valence electrons. The van der Waals surface area contributed by atoms with Crippen molar-refractivity contribution in [3.05, 3.63) is 53.7 Å². The number of rotatable bonds is 2. The Morgan fingerprint density at radius 2 is 1.93 bits per heavy atom. The highest BCUT2D eigenvalue weighted by molar-refractivity contribution is 5.99. The van der Waals surface area contributed by atoms with Crippen LogP contribution in [-0.2, 0) is 17.9 Å². The number of hydrogen-bond donors (Lipinski definition) is 1. The van der Waals surface area contributed by atoms with Gasteiger partial charge in [0.25, 0.3) is 0 Å². The molecule has 0 fully saturated rings. The Balaban J connectivity index is 1.76. The van der Waals surface area contributed by atoms with Crippen molar-refractivity contribution in [2.45, 2.75) is 32.4 Å². The van der Waals surface area contributed by atoms with E-state index >= 15 is 0 Å². The third kappa shape index (κ3) is 2.95. The number of nitrogens with zero attached hydrogens (tertiary/aromatic N) is 4. The van der Waals surface area contributed by atoms with Crippen molar-refractivity contribution in [2.75, 3.05) is 0 Å². The number of fused-ring (bicyclic) bond motifs is 2. The second-order valence-electron chi connectivity index (χ2n) is 7.09. The number of alkyl halides is 3. The predicted molar refractivity (Wildman–Crippen MR) is 99.9 cm³/mol. The van der Waals surface area contributed by atoms with E-state index in [0.717, 1.165) is 10.9 Å². The van der Waals surface area contributed by atoms with Crippen molar-refractivity contribution in [2.24, 2.45) is 0 Å². The number of nitrogens with one attached hydrogen (secondary N) is 1. The van der Waals surface area contributed by atoms with Gasteiger partial charge in [0, 0.05) is 28.3 Å². The van der Waals surface area contributed by atoms with Crippen LogP contribution >= 0.6 is 0 Å². The van der Waals surface area contributed by atoms with E-state index < -0.39 is 24.6 Å². The molecule has 1 aliphatic heterocycles. The first-order chi connectivity index (χ1) is 14.3. The molecule has 0 aliphatic carbocycles. The maximum absolute atomic E-state index is 13.5. The number of pyridine rings is 1. The normalized spacial score (nSPS) is 16.8. The third-order valence-corrected chi connectivity index (χ3v) is 5.21. The Hall–Kier alpha value is -3.27. The zero-order chi connectivity index (χ0) is 21.0. The van der Waals surface area contributed by atoms with Gasteiger partial charge in [0.1, 0.15) is 11.5 Å². The first kappa shape index (κ1) is 18.7. The van der Waals surface area contributed by atoms with Crippen molar-refractivity contribution < 1.29 is 22.3 Å². The Morgan fingerprint density at radius 1 is 1.17 bits per heavy atom. The van der Waals surface area contributed by atoms with Crippen LogP contribution in [0, 0.1) is 12.7 Å². The minimum Gasteiger partial charge on any atom is -0.360 e. The summed E-state index contributed by atoms with van der Waals surface area (Å²) in [6.45, 7) is 1.10. The Kier molecular flexibility index (Phi) is 4.14. The van der Waals surface area contributed by atoms with Crippen LogP contribution in [0.4, 0.5) is 17.6 Å². The molecule has 4 aromatic rings. The van der Waals surface area contributed by atoms with Crippen LogP contribution in [0.1, 0.15) is 11.4 Å². The van der Waals surface area contributed by atoms with Gasteiger partial charge in [-0.1, -0.05) is 0 Å². The summed E-state index contributed by atoms with van der Waals surface area (Å²) in [5.74, 6) is -0.415. The van der Waals surface area contributed by atoms with E-state index in [1.807, 2.05) is 6.92 Å². The molecule has 0 unspecified atom stereocenters. The number of benzene rings is 1. The van der Waals surface area contributed by atoms with Crippen molar-refractivity contribution in [1.29, 1.82) is 0 Å². The van der Waals surface area contributed by atoms with Gasteiger partial charge in [0.2, 0.25) is 0 Å². The highest BCUT2D eigenvalue weighted by Gasteiger charge is 2.44. The van der Waals surface area contributed by atoms with Gasteiger partial charge in [-0.2, -0.15) is 23.4 Å². The van der Waals surface area contributed by atoms with Crippen LogP contribution in [-0.4, -0.2) is 37.2 Å². The molecule has 0 saturated carbocycles. The second kappa shape index (κ2) is 6.63. The molecule has 0 spiro atoms. The maximum atomic E-state index is 13.5. The van der Waals surface area contributed by atoms with Gasteiger partial charge in [-0.05, 0) is 37.3 Å². The molecule has 1 aromatic carbocycles. The standard InChI is InChI=1S/C20H15F4N5O/c1-10-16-13(6-7-25-19(16)27-26-10)17-14-9-30-15(20(22,23)24)8-29(14)28-18(17)11-2-4-12(21)5-3-11/h2-7,15H,8-9H2,1H3,(H,25,26,27)/t15-/m0/s1. The lowest BCUT2D eigenvalue weighted by Gasteiger charge is -2.26. The Bertz CT molecular complexity index is 1240. The fourth-order valence-corrected chi connectivity index (χ4v) is 3.79. The lowest BCUT2D eigenvalue weighted by molar-refractivity contribution is -0.234. The van der Waals surface area contributed by atoms with Crippen molar-refractivity contribution >= 4 is 11.0 Å². The van der Waals surface area contributed by atoms with Crippen LogP contribution in [0.2, 0.25) is 0 Å². The van der Waals surface area contributed by atoms with Crippen LogP contribution < -0.4 is 0 Å². The topological polar surface area (TPSA) is 68.6 Å². The zero-order valence-electron chi connectivity index (χ0n) is 15.7. The SMILES string of the molecule is Cc1n[nH]c2nccc(-c3c(-c4ccc(F)cc4)nn4c3CO[C@H](C(F)(F)F)C4)c12. The molecule has 30 heavy (non-hydrogen) atoms. The monoisotopic (exact) mass is 417 g/mol. The molecule has 1 aliphatic rings. The van der Waals surface area contributed by atoms with E-state index in [2.05, 4.69) is 20.3 Å². The Labute approximate surface area is 167 Å². The summed E-state index contributed by atoms with van der Waals surface area (Å²) in [4.78, 5) is 4.27. The van der Waals surface area contributed by atoms with Crippen LogP contribution in [0.25, 0.3) is 33.4 Å². The molecule has 0 saturated heterocycles. The van der Waals surface area contributed by atoms with E-state index in [1.165, 1.54) is 16.8 Å². The van der Waals surface area contributed by atoms with Gasteiger partial charge in [-0.25, -0.2) is 9.37 Å². The van der Waals surface area contributed by atoms with Gasteiger partial charge >= 0.3 is 6.18 Å². The predicted octanol–water partition coefficient (Wildman–Crippen LogP) is 4.40. The van der Waals surface area contributed by atoms with E-state index in [4.69, 9.17) is 4.74 Å². The molecule has 6 nitrogen and oxygen atoms in total. The first-order valence-electron chi connectivity index (χ1n) is 9.17. The molecular weight excluding hydrogens is 402 g/mol. The summed E-state index contributed by atoms with van der Waals surface area (Å²) in [5.41, 5.74) is 4.15. The minimum absolute atomic E-state index is 0.256. The largest absolute Gasteiger partial charge is 0.416 e. The van der Waals surface area contributed by atoms with Gasteiger partial charge < -0.3 is 4.74 Å². The first-order valence-corrected chi connectivity index (χ1v) is 9.17. The molecule has 0 radical (unpaired) electrons. The summed E-state index contributed by atoms with van der Waals surface area (Å²) < 4.78 is 59.6. The third-order valence-electron chi connectivity index (χ3n) is 5.21. The average molecular weight is 417 g/mol. The van der Waals surface area contributed by atoms with Crippen LogP contribution in [0.15, 0.2) is 36.5 Å². The van der Waals surface area contributed by atoms with E-state index in [9.17, 15) is 17.6 Å². The molecule has 1 atom stereocenters. The van der Waals surface area contributed by atoms with Gasteiger partial charge in [-0.15, -0.1) is 0 Å². The second-order valence-corrected chi connectivity index (χ2v) is 7.09. The smallest absolute Gasteiger partial charge is 0.360 e. The molecule has 5 rings (SSSR count). The van der Waals surface area contributed by atoms with Gasteiger partial charge in [0.15, 0.2) is 11.8 Å². The van der Waals surface area contributed by atoms with Crippen LogP contribution in [0.5, 0.6) is 0 Å². The molecule has 0 amide bonds.